The van der Waals surface area contributed by atoms with E-state index < -0.39 is 5.76 Å². The zero-order valence-corrected chi connectivity index (χ0v) is 15.0. The first-order valence-electron chi connectivity index (χ1n) is 7.21. The van der Waals surface area contributed by atoms with Crippen LogP contribution in [-0.4, -0.2) is 34.0 Å². The second-order valence-electron chi connectivity index (χ2n) is 4.94. The fourth-order valence-electron chi connectivity index (χ4n) is 2.07. The summed E-state index contributed by atoms with van der Waals surface area (Å²) in [5, 5.41) is 14.2. The van der Waals surface area contributed by atoms with Gasteiger partial charge in [-0.2, -0.15) is 18.6 Å². The van der Waals surface area contributed by atoms with Crippen molar-refractivity contribution >= 4 is 29.3 Å². The summed E-state index contributed by atoms with van der Waals surface area (Å²) in [6.45, 7) is 1.96. The van der Waals surface area contributed by atoms with Crippen LogP contribution in [0.1, 0.15) is 10.4 Å². The van der Waals surface area contributed by atoms with Gasteiger partial charge in [-0.25, -0.2) is 0 Å². The van der Waals surface area contributed by atoms with E-state index in [1.807, 2.05) is 18.4 Å². The van der Waals surface area contributed by atoms with E-state index in [4.69, 9.17) is 4.74 Å². The van der Waals surface area contributed by atoms with Gasteiger partial charge in [-0.05, 0) is 60.0 Å². The Balaban J connectivity index is 2.01. The van der Waals surface area contributed by atoms with Crippen molar-refractivity contribution in [3.05, 3.63) is 46.2 Å². The number of thioether (sulfide) groups is 1. The topological polar surface area (TPSA) is 52.3 Å². The largest absolute Gasteiger partial charge is 0.497 e. The number of hydrogen-bond acceptors (Lipinski definition) is 6. The van der Waals surface area contributed by atoms with E-state index in [1.165, 1.54) is 16.0 Å². The van der Waals surface area contributed by atoms with Gasteiger partial charge in [-0.1, -0.05) is 0 Å². The average Bonchev–Trinajstić information content (AvgIpc) is 3.19. The molecule has 0 fully saturated rings. The van der Waals surface area contributed by atoms with Crippen LogP contribution < -0.4 is 4.74 Å². The van der Waals surface area contributed by atoms with Gasteiger partial charge in [-0.3, -0.25) is 0 Å². The molecule has 25 heavy (non-hydrogen) atoms. The third-order valence-electron chi connectivity index (χ3n) is 3.35. The Bertz CT molecular complexity index is 875. The Labute approximate surface area is 151 Å². The number of alkyl halides is 2. The van der Waals surface area contributed by atoms with Crippen molar-refractivity contribution in [2.75, 3.05) is 7.11 Å². The van der Waals surface area contributed by atoms with Gasteiger partial charge in [-0.15, -0.1) is 21.5 Å². The predicted octanol–water partition coefficient (Wildman–Crippen LogP) is 4.52. The van der Waals surface area contributed by atoms with Gasteiger partial charge >= 0.3 is 0 Å². The highest BCUT2D eigenvalue weighted by atomic mass is 32.2. The van der Waals surface area contributed by atoms with Crippen LogP contribution in [0.2, 0.25) is 0 Å². The molecule has 0 radical (unpaired) electrons. The van der Waals surface area contributed by atoms with Crippen molar-refractivity contribution in [3.63, 3.8) is 0 Å². The number of ether oxygens (including phenoxy) is 1. The molecule has 2 heterocycles. The quantitative estimate of drug-likeness (QED) is 0.466. The third-order valence-corrected chi connectivity index (χ3v) is 4.94. The van der Waals surface area contributed by atoms with Crippen LogP contribution in [0.3, 0.4) is 0 Å². The Morgan fingerprint density at radius 1 is 1.24 bits per heavy atom. The summed E-state index contributed by atoms with van der Waals surface area (Å²) in [5.74, 6) is -1.53. The smallest absolute Gasteiger partial charge is 0.291 e. The van der Waals surface area contributed by atoms with E-state index >= 15 is 0 Å². The Hall–Kier alpha value is -2.26. The number of nitrogens with zero attached hydrogens (tertiary/aromatic N) is 4. The third kappa shape index (κ3) is 4.05. The molecule has 9 heteroatoms. The van der Waals surface area contributed by atoms with E-state index in [9.17, 15) is 8.78 Å². The number of aromatic nitrogens is 3. The van der Waals surface area contributed by atoms with Crippen molar-refractivity contribution in [3.8, 4) is 17.1 Å². The summed E-state index contributed by atoms with van der Waals surface area (Å²) in [7, 11) is 1.57. The number of aryl methyl sites for hydroxylation is 1. The van der Waals surface area contributed by atoms with Crippen LogP contribution in [0, 0.1) is 6.92 Å². The minimum Gasteiger partial charge on any atom is -0.497 e. The van der Waals surface area contributed by atoms with Crippen LogP contribution in [0.4, 0.5) is 8.78 Å². The highest BCUT2D eigenvalue weighted by molar-refractivity contribution is 7.99. The lowest BCUT2D eigenvalue weighted by molar-refractivity contribution is 0.251. The standard InChI is InChI=1S/C16H14F2N4OS2/c1-10-7-8-24-13(10)9-19-22-14(20-21-16(22)25-15(17)18)11-3-5-12(23-2)6-4-11/h3-9,15H,1-2H3/b19-9-. The first-order valence-corrected chi connectivity index (χ1v) is 8.97. The molecule has 130 valence electrons. The van der Waals surface area contributed by atoms with Crippen LogP contribution in [0.25, 0.3) is 11.4 Å². The summed E-state index contributed by atoms with van der Waals surface area (Å²) < 4.78 is 32.1. The average molecular weight is 380 g/mol. The van der Waals surface area contributed by atoms with E-state index in [2.05, 4.69) is 15.3 Å². The maximum Gasteiger partial charge on any atom is 0.291 e. The molecule has 3 rings (SSSR count). The number of hydrogen-bond donors (Lipinski definition) is 0. The molecular weight excluding hydrogens is 366 g/mol. The summed E-state index contributed by atoms with van der Waals surface area (Å²) in [6, 6.07) is 9.06. The predicted molar refractivity (Wildman–Crippen MR) is 95.9 cm³/mol. The fourth-order valence-corrected chi connectivity index (χ4v) is 3.33. The monoisotopic (exact) mass is 380 g/mol. The van der Waals surface area contributed by atoms with Gasteiger partial charge in [0.1, 0.15) is 5.75 Å². The second kappa shape index (κ2) is 7.75. The van der Waals surface area contributed by atoms with Gasteiger partial charge in [0, 0.05) is 5.56 Å². The second-order valence-corrected chi connectivity index (χ2v) is 6.84. The van der Waals surface area contributed by atoms with Gasteiger partial charge in [0.15, 0.2) is 5.82 Å². The number of benzene rings is 1. The summed E-state index contributed by atoms with van der Waals surface area (Å²) in [4.78, 5) is 0.947. The van der Waals surface area contributed by atoms with Crippen LogP contribution in [0.15, 0.2) is 46.0 Å². The summed E-state index contributed by atoms with van der Waals surface area (Å²) >= 11 is 1.83. The highest BCUT2D eigenvalue weighted by Gasteiger charge is 2.18. The molecule has 0 amide bonds. The molecule has 5 nitrogen and oxygen atoms in total. The maximum atomic E-state index is 12.8. The van der Waals surface area contributed by atoms with Gasteiger partial charge in [0.05, 0.1) is 18.2 Å². The minimum atomic E-state index is -2.61. The Morgan fingerprint density at radius 3 is 2.60 bits per heavy atom. The molecule has 3 aromatic rings. The molecule has 0 atom stereocenters. The Morgan fingerprint density at radius 2 is 2.00 bits per heavy atom. The summed E-state index contributed by atoms with van der Waals surface area (Å²) in [6.07, 6.45) is 1.63. The highest BCUT2D eigenvalue weighted by Crippen LogP contribution is 2.28. The molecule has 0 bridgehead atoms. The van der Waals surface area contributed by atoms with E-state index in [0.29, 0.717) is 28.9 Å². The molecule has 0 saturated carbocycles. The molecule has 0 unspecified atom stereocenters. The number of methoxy groups -OCH3 is 1. The number of halogens is 2. The van der Waals surface area contributed by atoms with Crippen molar-refractivity contribution < 1.29 is 13.5 Å². The SMILES string of the molecule is COc1ccc(-c2nnc(SC(F)F)n2/N=C\c2sccc2C)cc1. The molecule has 2 aromatic heterocycles. The molecule has 0 N–H and O–H groups in total. The molecule has 1 aromatic carbocycles. The fraction of sp³-hybridized carbons (Fsp3) is 0.188. The lowest BCUT2D eigenvalue weighted by atomic mass is 10.2. The molecule has 0 spiro atoms. The molecule has 0 aliphatic rings. The van der Waals surface area contributed by atoms with Gasteiger partial charge in [0.25, 0.3) is 5.76 Å². The number of rotatable bonds is 6. The summed E-state index contributed by atoms with van der Waals surface area (Å²) in [5.41, 5.74) is 1.77. The van der Waals surface area contributed by atoms with Gasteiger partial charge < -0.3 is 4.74 Å². The van der Waals surface area contributed by atoms with Crippen molar-refractivity contribution in [1.82, 2.24) is 14.9 Å². The lowest BCUT2D eigenvalue weighted by Gasteiger charge is -2.05. The molecule has 0 aliphatic heterocycles. The van der Waals surface area contributed by atoms with E-state index in [-0.39, 0.29) is 5.16 Å². The van der Waals surface area contributed by atoms with Gasteiger partial charge in [0.2, 0.25) is 5.16 Å². The van der Waals surface area contributed by atoms with Crippen molar-refractivity contribution in [2.45, 2.75) is 17.8 Å². The zero-order chi connectivity index (χ0) is 17.8. The molecule has 0 aliphatic carbocycles. The zero-order valence-electron chi connectivity index (χ0n) is 13.4. The minimum absolute atomic E-state index is 0.0336. The maximum absolute atomic E-state index is 12.8. The Kier molecular flexibility index (Phi) is 5.44. The van der Waals surface area contributed by atoms with Crippen LogP contribution in [-0.2, 0) is 0 Å². The first-order chi connectivity index (χ1) is 12.1. The van der Waals surface area contributed by atoms with E-state index in [1.54, 1.807) is 37.6 Å². The molecule has 0 saturated heterocycles. The molecular formula is C16H14F2N4OS2. The normalized spacial score (nSPS) is 11.6. The lowest BCUT2D eigenvalue weighted by Crippen LogP contribution is -1.98. The first kappa shape index (κ1) is 17.6. The number of thiophene rings is 1. The van der Waals surface area contributed by atoms with Crippen molar-refractivity contribution in [1.29, 1.82) is 0 Å². The van der Waals surface area contributed by atoms with Crippen molar-refractivity contribution in [2.24, 2.45) is 5.10 Å². The van der Waals surface area contributed by atoms with Crippen LogP contribution in [0.5, 0.6) is 5.75 Å². The van der Waals surface area contributed by atoms with Crippen LogP contribution >= 0.6 is 23.1 Å². The van der Waals surface area contributed by atoms with E-state index in [0.717, 1.165) is 10.4 Å².